The van der Waals surface area contributed by atoms with Crippen LogP contribution in [0.1, 0.15) is 35.8 Å². The van der Waals surface area contributed by atoms with Gasteiger partial charge in [0.25, 0.3) is 0 Å². The van der Waals surface area contributed by atoms with Crippen LogP contribution in [-0.4, -0.2) is 19.3 Å². The Morgan fingerprint density at radius 2 is 1.93 bits per heavy atom. The van der Waals surface area contributed by atoms with Crippen LogP contribution in [0.5, 0.6) is 0 Å². The van der Waals surface area contributed by atoms with Gasteiger partial charge in [0.1, 0.15) is 17.5 Å². The van der Waals surface area contributed by atoms with Gasteiger partial charge in [0.15, 0.2) is 0 Å². The topological polar surface area (TPSA) is 47.7 Å². The normalized spacial score (nSPS) is 15.9. The Kier molecular flexibility index (Phi) is 4.88. The van der Waals surface area contributed by atoms with Crippen LogP contribution in [0.4, 0.5) is 8.78 Å². The smallest absolute Gasteiger partial charge is 0.136 e. The fraction of sp³-hybridized carbons (Fsp3) is 0.217. The predicted octanol–water partition coefficient (Wildman–Crippen LogP) is 4.50. The number of pyridine rings is 1. The molecular formula is C23H21F2N5. The molecule has 1 unspecified atom stereocenters. The van der Waals surface area contributed by atoms with E-state index in [1.165, 1.54) is 12.1 Å². The molecule has 1 aliphatic rings. The summed E-state index contributed by atoms with van der Waals surface area (Å²) < 4.78 is 31.1. The zero-order valence-corrected chi connectivity index (χ0v) is 16.3. The van der Waals surface area contributed by atoms with Crippen molar-refractivity contribution in [2.75, 3.05) is 0 Å². The molecule has 152 valence electrons. The number of hydrogen-bond donors (Lipinski definition) is 1. The number of nitrogens with zero attached hydrogens (tertiary/aromatic N) is 4. The molecule has 1 N–H and O–H groups in total. The lowest BCUT2D eigenvalue weighted by molar-refractivity contribution is 0.450. The molecule has 0 aliphatic heterocycles. The molecule has 5 nitrogen and oxygen atoms in total. The highest BCUT2D eigenvalue weighted by Crippen LogP contribution is 2.31. The highest BCUT2D eigenvalue weighted by Gasteiger charge is 2.25. The number of fused-ring (bicyclic) bond motifs is 1. The molecule has 1 aromatic carbocycles. The fourth-order valence-electron chi connectivity index (χ4n) is 4.16. The molecule has 0 bridgehead atoms. The number of hydrogen-bond acceptors (Lipinski definition) is 3. The van der Waals surface area contributed by atoms with Crippen molar-refractivity contribution in [3.8, 4) is 11.5 Å². The van der Waals surface area contributed by atoms with Crippen LogP contribution in [0.2, 0.25) is 0 Å². The summed E-state index contributed by atoms with van der Waals surface area (Å²) in [6.07, 6.45) is 8.39. The Morgan fingerprint density at radius 1 is 1.07 bits per heavy atom. The molecule has 3 heterocycles. The van der Waals surface area contributed by atoms with Gasteiger partial charge in [-0.2, -0.15) is 5.10 Å². The van der Waals surface area contributed by atoms with Gasteiger partial charge < -0.3 is 9.88 Å². The van der Waals surface area contributed by atoms with Crippen LogP contribution < -0.4 is 5.32 Å². The maximum absolute atomic E-state index is 13.7. The SMILES string of the molecule is Fc1cc(F)cc(-n2ncc3c2CCCC3NCc2cccn2-c2ccccn2)c1. The summed E-state index contributed by atoms with van der Waals surface area (Å²) in [4.78, 5) is 4.42. The van der Waals surface area contributed by atoms with Gasteiger partial charge in [-0.15, -0.1) is 0 Å². The van der Waals surface area contributed by atoms with Crippen molar-refractivity contribution in [2.45, 2.75) is 31.8 Å². The summed E-state index contributed by atoms with van der Waals surface area (Å²) in [5.41, 5.74) is 3.62. The van der Waals surface area contributed by atoms with Gasteiger partial charge in [-0.3, -0.25) is 0 Å². The van der Waals surface area contributed by atoms with Gasteiger partial charge in [-0.05, 0) is 55.7 Å². The van der Waals surface area contributed by atoms with E-state index < -0.39 is 11.6 Å². The molecule has 30 heavy (non-hydrogen) atoms. The Balaban J connectivity index is 1.38. The van der Waals surface area contributed by atoms with E-state index in [0.717, 1.165) is 48.1 Å². The van der Waals surface area contributed by atoms with Crippen LogP contribution >= 0.6 is 0 Å². The average molecular weight is 405 g/mol. The first-order chi connectivity index (χ1) is 14.7. The van der Waals surface area contributed by atoms with Crippen LogP contribution in [0.25, 0.3) is 11.5 Å². The van der Waals surface area contributed by atoms with Crippen LogP contribution in [0, 0.1) is 11.6 Å². The molecule has 0 spiro atoms. The first-order valence-corrected chi connectivity index (χ1v) is 10.0. The summed E-state index contributed by atoms with van der Waals surface area (Å²) in [5.74, 6) is -0.324. The molecule has 1 atom stereocenters. The molecule has 0 radical (unpaired) electrons. The van der Waals surface area contributed by atoms with Crippen molar-refractivity contribution >= 4 is 0 Å². The molecule has 5 rings (SSSR count). The first kappa shape index (κ1) is 18.7. The third kappa shape index (κ3) is 3.52. The maximum Gasteiger partial charge on any atom is 0.136 e. The van der Waals surface area contributed by atoms with Crippen molar-refractivity contribution in [1.29, 1.82) is 0 Å². The molecule has 0 saturated heterocycles. The summed E-state index contributed by atoms with van der Waals surface area (Å²) in [7, 11) is 0. The summed E-state index contributed by atoms with van der Waals surface area (Å²) in [6, 6.07) is 13.6. The van der Waals surface area contributed by atoms with E-state index in [1.54, 1.807) is 10.9 Å². The number of nitrogens with one attached hydrogen (secondary N) is 1. The third-order valence-electron chi connectivity index (χ3n) is 5.53. The summed E-state index contributed by atoms with van der Waals surface area (Å²) in [5, 5.41) is 8.07. The lowest BCUT2D eigenvalue weighted by Gasteiger charge is -2.24. The van der Waals surface area contributed by atoms with E-state index in [9.17, 15) is 8.78 Å². The van der Waals surface area contributed by atoms with Crippen molar-refractivity contribution in [3.63, 3.8) is 0 Å². The van der Waals surface area contributed by atoms with Gasteiger partial charge in [-0.25, -0.2) is 18.4 Å². The minimum atomic E-state index is -0.602. The van der Waals surface area contributed by atoms with Crippen molar-refractivity contribution in [3.05, 3.63) is 95.7 Å². The molecule has 7 heteroatoms. The molecule has 0 saturated carbocycles. The Morgan fingerprint density at radius 3 is 2.73 bits per heavy atom. The Hall–Kier alpha value is -3.32. The second-order valence-corrected chi connectivity index (χ2v) is 7.47. The zero-order valence-electron chi connectivity index (χ0n) is 16.3. The second kappa shape index (κ2) is 7.84. The van der Waals surface area contributed by atoms with Gasteiger partial charge in [0, 0.05) is 48.0 Å². The largest absolute Gasteiger partial charge is 0.304 e. The summed E-state index contributed by atoms with van der Waals surface area (Å²) in [6.45, 7) is 0.674. The van der Waals surface area contributed by atoms with Crippen LogP contribution in [-0.2, 0) is 13.0 Å². The van der Waals surface area contributed by atoms with Gasteiger partial charge >= 0.3 is 0 Å². The quantitative estimate of drug-likeness (QED) is 0.532. The minimum absolute atomic E-state index is 0.132. The van der Waals surface area contributed by atoms with Gasteiger partial charge in [-0.1, -0.05) is 6.07 Å². The van der Waals surface area contributed by atoms with Crippen molar-refractivity contribution in [2.24, 2.45) is 0 Å². The average Bonchev–Trinajstić information content (AvgIpc) is 3.39. The first-order valence-electron chi connectivity index (χ1n) is 10.0. The van der Waals surface area contributed by atoms with E-state index in [0.29, 0.717) is 12.2 Å². The lowest BCUT2D eigenvalue weighted by atomic mass is 9.93. The third-order valence-corrected chi connectivity index (χ3v) is 5.53. The van der Waals surface area contributed by atoms with Crippen LogP contribution in [0.3, 0.4) is 0 Å². The van der Waals surface area contributed by atoms with E-state index in [2.05, 4.69) is 26.0 Å². The van der Waals surface area contributed by atoms with Crippen LogP contribution in [0.15, 0.2) is 67.1 Å². The van der Waals surface area contributed by atoms with Gasteiger partial charge in [0.05, 0.1) is 11.9 Å². The van der Waals surface area contributed by atoms with E-state index in [4.69, 9.17) is 0 Å². The highest BCUT2D eigenvalue weighted by molar-refractivity contribution is 5.38. The standard InChI is InChI=1S/C23H21F2N5/c24-16-11-17(25)13-19(12-16)30-22-7-3-6-21(20(22)15-28-30)27-14-18-5-4-10-29(18)23-8-1-2-9-26-23/h1-2,4-5,8-13,15,21,27H,3,6-7,14H2. The Bertz CT molecular complexity index is 1150. The van der Waals surface area contributed by atoms with Crippen molar-refractivity contribution in [1.82, 2.24) is 24.6 Å². The molecule has 1 aliphatic carbocycles. The van der Waals surface area contributed by atoms with E-state index in [-0.39, 0.29) is 6.04 Å². The van der Waals surface area contributed by atoms with Crippen molar-refractivity contribution < 1.29 is 8.78 Å². The molecule has 4 aromatic rings. The van der Waals surface area contributed by atoms with Gasteiger partial charge in [0.2, 0.25) is 0 Å². The molecular weight excluding hydrogens is 384 g/mol. The highest BCUT2D eigenvalue weighted by atomic mass is 19.1. The summed E-state index contributed by atoms with van der Waals surface area (Å²) >= 11 is 0. The van der Waals surface area contributed by atoms with E-state index >= 15 is 0 Å². The number of halogens is 2. The number of benzene rings is 1. The zero-order chi connectivity index (χ0) is 20.5. The minimum Gasteiger partial charge on any atom is -0.304 e. The number of aromatic nitrogens is 4. The van der Waals surface area contributed by atoms with E-state index in [1.807, 2.05) is 36.7 Å². The Labute approximate surface area is 173 Å². The fourth-order valence-corrected chi connectivity index (χ4v) is 4.16. The predicted molar refractivity (Wildman–Crippen MR) is 110 cm³/mol. The molecule has 0 fully saturated rings. The second-order valence-electron chi connectivity index (χ2n) is 7.47. The lowest BCUT2D eigenvalue weighted by Crippen LogP contribution is -2.26. The maximum atomic E-state index is 13.7. The molecule has 3 aromatic heterocycles. The monoisotopic (exact) mass is 405 g/mol. The molecule has 0 amide bonds. The number of rotatable bonds is 5.